The number of rotatable bonds is 2. The van der Waals surface area contributed by atoms with Gasteiger partial charge in [0.1, 0.15) is 12.4 Å². The smallest absolute Gasteiger partial charge is 0.337 e. The highest BCUT2D eigenvalue weighted by Gasteiger charge is 2.27. The summed E-state index contributed by atoms with van der Waals surface area (Å²) in [6.45, 7) is 0.485. The van der Waals surface area contributed by atoms with Gasteiger partial charge in [-0.15, -0.1) is 0 Å². The van der Waals surface area contributed by atoms with Crippen LogP contribution in [0, 0.1) is 0 Å². The molecule has 1 aliphatic rings. The first-order valence-corrected chi connectivity index (χ1v) is 6.66. The molecule has 0 aliphatic carbocycles. The van der Waals surface area contributed by atoms with Crippen molar-refractivity contribution in [1.82, 2.24) is 9.55 Å². The average Bonchev–Trinajstić information content (AvgIpc) is 3.09. The number of hydrogen-bond donors (Lipinski definition) is 1. The van der Waals surface area contributed by atoms with Crippen LogP contribution in [-0.4, -0.2) is 27.2 Å². The first-order valence-electron chi connectivity index (χ1n) is 6.66. The average molecular weight is 280 g/mol. The predicted molar refractivity (Wildman–Crippen MR) is 76.8 cm³/mol. The molecule has 1 aliphatic heterocycles. The van der Waals surface area contributed by atoms with Crippen molar-refractivity contribution in [2.24, 2.45) is 0 Å². The number of carboxylic acid groups (broad SMARTS) is 1. The van der Waals surface area contributed by atoms with Gasteiger partial charge in [-0.05, 0) is 18.2 Å². The van der Waals surface area contributed by atoms with Crippen molar-refractivity contribution in [2.45, 2.75) is 6.04 Å². The monoisotopic (exact) mass is 280 g/mol. The molecule has 104 valence electrons. The molecule has 0 saturated heterocycles. The van der Waals surface area contributed by atoms with E-state index in [1.165, 1.54) is 0 Å². The van der Waals surface area contributed by atoms with Crippen LogP contribution in [0.5, 0.6) is 5.75 Å². The highest BCUT2D eigenvalue weighted by molar-refractivity contribution is 6.01. The summed E-state index contributed by atoms with van der Waals surface area (Å²) in [6, 6.07) is 12.9. The van der Waals surface area contributed by atoms with Gasteiger partial charge in [-0.1, -0.05) is 24.3 Å². The molecule has 0 amide bonds. The fourth-order valence-corrected chi connectivity index (χ4v) is 2.87. The molecule has 0 radical (unpaired) electrons. The zero-order valence-corrected chi connectivity index (χ0v) is 11.1. The largest absolute Gasteiger partial charge is 0.491 e. The molecule has 1 aromatic heterocycles. The minimum absolute atomic E-state index is 0.0494. The van der Waals surface area contributed by atoms with E-state index in [1.54, 1.807) is 18.5 Å². The Morgan fingerprint density at radius 1 is 1.24 bits per heavy atom. The van der Waals surface area contributed by atoms with Gasteiger partial charge in [0.25, 0.3) is 0 Å². The van der Waals surface area contributed by atoms with Gasteiger partial charge in [-0.2, -0.15) is 0 Å². The lowest BCUT2D eigenvalue weighted by atomic mass is 10.1. The number of carboxylic acids is 1. The quantitative estimate of drug-likeness (QED) is 0.784. The van der Waals surface area contributed by atoms with Gasteiger partial charge in [-0.25, -0.2) is 9.78 Å². The van der Waals surface area contributed by atoms with Crippen LogP contribution in [0.25, 0.3) is 11.0 Å². The van der Waals surface area contributed by atoms with E-state index < -0.39 is 5.97 Å². The van der Waals surface area contributed by atoms with Gasteiger partial charge in [0, 0.05) is 5.56 Å². The SMILES string of the molecule is O=C(O)c1cccc2ncn(C3COc4ccccc43)c12. The zero-order chi connectivity index (χ0) is 14.4. The summed E-state index contributed by atoms with van der Waals surface area (Å²) < 4.78 is 7.58. The molecule has 5 heteroatoms. The maximum Gasteiger partial charge on any atom is 0.337 e. The van der Waals surface area contributed by atoms with Crippen LogP contribution in [0.15, 0.2) is 48.8 Å². The number of nitrogens with zero attached hydrogens (tertiary/aromatic N) is 2. The maximum absolute atomic E-state index is 11.5. The molecule has 1 atom stereocenters. The van der Waals surface area contributed by atoms with Crippen LogP contribution in [0.2, 0.25) is 0 Å². The molecular formula is C16H12N2O3. The number of benzene rings is 2. The fourth-order valence-electron chi connectivity index (χ4n) is 2.87. The number of aromatic carboxylic acids is 1. The number of carbonyl (C=O) groups is 1. The molecule has 2 aromatic carbocycles. The van der Waals surface area contributed by atoms with Crippen molar-refractivity contribution in [1.29, 1.82) is 0 Å². The number of ether oxygens (including phenoxy) is 1. The minimum atomic E-state index is -0.949. The predicted octanol–water partition coefficient (Wildman–Crippen LogP) is 2.72. The van der Waals surface area contributed by atoms with Crippen molar-refractivity contribution in [3.8, 4) is 5.75 Å². The Morgan fingerprint density at radius 3 is 2.95 bits per heavy atom. The lowest BCUT2D eigenvalue weighted by molar-refractivity contribution is 0.0698. The van der Waals surface area contributed by atoms with Gasteiger partial charge >= 0.3 is 5.97 Å². The molecule has 2 heterocycles. The van der Waals surface area contributed by atoms with E-state index >= 15 is 0 Å². The Labute approximate surface area is 120 Å². The molecule has 3 aromatic rings. The summed E-state index contributed by atoms with van der Waals surface area (Å²) in [5.74, 6) is -0.105. The number of fused-ring (bicyclic) bond motifs is 2. The topological polar surface area (TPSA) is 64.3 Å². The summed E-state index contributed by atoms with van der Waals surface area (Å²) >= 11 is 0. The lowest BCUT2D eigenvalue weighted by Crippen LogP contribution is -2.12. The van der Waals surface area contributed by atoms with Crippen molar-refractivity contribution >= 4 is 17.0 Å². The van der Waals surface area contributed by atoms with E-state index in [0.29, 0.717) is 17.6 Å². The van der Waals surface area contributed by atoms with Crippen LogP contribution in [0.3, 0.4) is 0 Å². The van der Waals surface area contributed by atoms with Crippen LogP contribution in [-0.2, 0) is 0 Å². The lowest BCUT2D eigenvalue weighted by Gasteiger charge is -2.13. The minimum Gasteiger partial charge on any atom is -0.491 e. The summed E-state index contributed by atoms with van der Waals surface area (Å²) in [7, 11) is 0. The summed E-state index contributed by atoms with van der Waals surface area (Å²) in [4.78, 5) is 15.8. The van der Waals surface area contributed by atoms with Gasteiger partial charge in [-0.3, -0.25) is 0 Å². The third-order valence-electron chi connectivity index (χ3n) is 3.84. The Hall–Kier alpha value is -2.82. The number of imidazole rings is 1. The Balaban J connectivity index is 1.95. The highest BCUT2D eigenvalue weighted by atomic mass is 16.5. The van der Waals surface area contributed by atoms with E-state index in [9.17, 15) is 9.90 Å². The summed E-state index contributed by atoms with van der Waals surface area (Å²) in [5.41, 5.74) is 2.63. The fraction of sp³-hybridized carbons (Fsp3) is 0.125. The van der Waals surface area contributed by atoms with Gasteiger partial charge in [0.05, 0.1) is 29.0 Å². The van der Waals surface area contributed by atoms with Crippen molar-refractivity contribution < 1.29 is 14.6 Å². The van der Waals surface area contributed by atoms with E-state index in [1.807, 2.05) is 34.9 Å². The number of aromatic nitrogens is 2. The third kappa shape index (κ3) is 1.71. The van der Waals surface area contributed by atoms with E-state index in [4.69, 9.17) is 4.74 Å². The molecule has 1 N–H and O–H groups in total. The number of hydrogen-bond acceptors (Lipinski definition) is 3. The molecule has 5 nitrogen and oxygen atoms in total. The number of para-hydroxylation sites is 2. The van der Waals surface area contributed by atoms with Crippen LogP contribution >= 0.6 is 0 Å². The van der Waals surface area contributed by atoms with Gasteiger partial charge < -0.3 is 14.4 Å². The standard InChI is InChI=1S/C16H12N2O3/c19-16(20)11-5-3-6-12-15(11)18(9-17-12)13-8-21-14-7-2-1-4-10(13)14/h1-7,9,13H,8H2,(H,19,20). The second-order valence-electron chi connectivity index (χ2n) is 4.99. The summed E-state index contributed by atoms with van der Waals surface area (Å²) in [5, 5.41) is 9.39. The molecule has 1 unspecified atom stereocenters. The molecule has 0 spiro atoms. The Bertz CT molecular complexity index is 854. The van der Waals surface area contributed by atoms with Crippen molar-refractivity contribution in [3.05, 3.63) is 59.9 Å². The Kier molecular flexibility index (Phi) is 2.47. The normalized spacial score (nSPS) is 16.7. The van der Waals surface area contributed by atoms with Crippen molar-refractivity contribution in [3.63, 3.8) is 0 Å². The van der Waals surface area contributed by atoms with Crippen molar-refractivity contribution in [2.75, 3.05) is 6.61 Å². The first kappa shape index (κ1) is 12.0. The molecule has 0 bridgehead atoms. The molecular weight excluding hydrogens is 268 g/mol. The van der Waals surface area contributed by atoms with E-state index in [0.717, 1.165) is 11.3 Å². The zero-order valence-electron chi connectivity index (χ0n) is 11.1. The second-order valence-corrected chi connectivity index (χ2v) is 4.99. The van der Waals surface area contributed by atoms with Crippen LogP contribution in [0.1, 0.15) is 22.0 Å². The van der Waals surface area contributed by atoms with E-state index in [-0.39, 0.29) is 11.6 Å². The van der Waals surface area contributed by atoms with Gasteiger partial charge in [0.15, 0.2) is 0 Å². The molecule has 4 rings (SSSR count). The molecule has 21 heavy (non-hydrogen) atoms. The summed E-state index contributed by atoms with van der Waals surface area (Å²) in [6.07, 6.45) is 1.69. The third-order valence-corrected chi connectivity index (χ3v) is 3.84. The van der Waals surface area contributed by atoms with Crippen LogP contribution in [0.4, 0.5) is 0 Å². The van der Waals surface area contributed by atoms with E-state index in [2.05, 4.69) is 4.98 Å². The molecule has 0 saturated carbocycles. The second kappa shape index (κ2) is 4.34. The van der Waals surface area contributed by atoms with Crippen LogP contribution < -0.4 is 4.74 Å². The molecule has 0 fully saturated rings. The first-order chi connectivity index (χ1) is 10.3. The Morgan fingerprint density at radius 2 is 2.10 bits per heavy atom. The maximum atomic E-state index is 11.5. The highest BCUT2D eigenvalue weighted by Crippen LogP contribution is 2.36. The van der Waals surface area contributed by atoms with Gasteiger partial charge in [0.2, 0.25) is 0 Å².